The second kappa shape index (κ2) is 7.82. The molecule has 0 radical (unpaired) electrons. The van der Waals surface area contributed by atoms with Crippen LogP contribution in [-0.4, -0.2) is 36.9 Å². The van der Waals surface area contributed by atoms with Crippen LogP contribution in [-0.2, 0) is 11.3 Å². The van der Waals surface area contributed by atoms with E-state index in [0.717, 1.165) is 51.7 Å². The molecule has 0 amide bonds. The van der Waals surface area contributed by atoms with Crippen molar-refractivity contribution in [3.05, 3.63) is 35.9 Å². The van der Waals surface area contributed by atoms with Crippen LogP contribution >= 0.6 is 0 Å². The van der Waals surface area contributed by atoms with Crippen molar-refractivity contribution in [2.75, 3.05) is 13.1 Å². The first-order valence-corrected chi connectivity index (χ1v) is 8.56. The van der Waals surface area contributed by atoms with Crippen LogP contribution < -0.4 is 0 Å². The molecule has 120 valence electrons. The standard InChI is InChI=1S/C18H28BNO2/c1-2-3-11-18(19,17(21)22)16-9-12-20(13-10-16)14-15-7-5-4-6-8-15/h4-8,16H,2-3,9-14,19H2,1H3,(H,21,22). The third-order valence-corrected chi connectivity index (χ3v) is 5.28. The number of rotatable bonds is 7. The summed E-state index contributed by atoms with van der Waals surface area (Å²) in [5, 5.41) is 9.15. The summed E-state index contributed by atoms with van der Waals surface area (Å²) in [5.74, 6) is -0.300. The van der Waals surface area contributed by atoms with Crippen molar-refractivity contribution in [3.8, 4) is 0 Å². The van der Waals surface area contributed by atoms with Gasteiger partial charge in [0.25, 0.3) is 0 Å². The molecule has 1 heterocycles. The van der Waals surface area contributed by atoms with E-state index in [9.17, 15) is 9.90 Å². The third kappa shape index (κ3) is 4.13. The summed E-state index contributed by atoms with van der Waals surface area (Å²) in [5.41, 5.74) is 1.34. The zero-order chi connectivity index (χ0) is 16.0. The van der Waals surface area contributed by atoms with Gasteiger partial charge >= 0.3 is 5.97 Å². The first-order valence-electron chi connectivity index (χ1n) is 8.56. The highest BCUT2D eigenvalue weighted by molar-refractivity contribution is 6.26. The number of unbranched alkanes of at least 4 members (excludes halogenated alkanes) is 1. The summed E-state index contributed by atoms with van der Waals surface area (Å²) >= 11 is 0. The predicted octanol–water partition coefficient (Wildman–Crippen LogP) is 2.97. The van der Waals surface area contributed by atoms with Crippen LogP contribution in [0.3, 0.4) is 0 Å². The quantitative estimate of drug-likeness (QED) is 0.787. The topological polar surface area (TPSA) is 40.5 Å². The maximum Gasteiger partial charge on any atom is 0.301 e. The summed E-state index contributed by atoms with van der Waals surface area (Å²) in [6, 6.07) is 10.5. The number of hydrogen-bond acceptors (Lipinski definition) is 2. The van der Waals surface area contributed by atoms with E-state index in [1.165, 1.54) is 5.56 Å². The SMILES string of the molecule is BC(CCCC)(C(=O)O)C1CCN(Cc2ccccc2)CC1. The molecule has 2 rings (SSSR count). The molecule has 0 bridgehead atoms. The number of nitrogens with zero attached hydrogens (tertiary/aromatic N) is 1. The van der Waals surface area contributed by atoms with Gasteiger partial charge in [-0.2, -0.15) is 0 Å². The Labute approximate surface area is 135 Å². The molecule has 1 fully saturated rings. The molecule has 22 heavy (non-hydrogen) atoms. The van der Waals surface area contributed by atoms with Gasteiger partial charge in [-0.25, -0.2) is 0 Å². The van der Waals surface area contributed by atoms with Crippen molar-refractivity contribution in [2.45, 2.75) is 50.9 Å². The van der Waals surface area contributed by atoms with E-state index in [4.69, 9.17) is 0 Å². The molecule has 1 saturated heterocycles. The Morgan fingerprint density at radius 2 is 1.95 bits per heavy atom. The number of carbonyl (C=O) groups is 1. The van der Waals surface area contributed by atoms with Crippen molar-refractivity contribution in [3.63, 3.8) is 0 Å². The second-order valence-electron chi connectivity index (χ2n) is 6.86. The molecule has 1 atom stereocenters. The molecule has 1 N–H and O–H groups in total. The average molecular weight is 301 g/mol. The van der Waals surface area contributed by atoms with Crippen LogP contribution in [0.2, 0.25) is 5.31 Å². The van der Waals surface area contributed by atoms with Gasteiger partial charge in [-0.15, -0.1) is 0 Å². The Kier molecular flexibility index (Phi) is 6.07. The highest BCUT2D eigenvalue weighted by Gasteiger charge is 2.41. The molecule has 3 nitrogen and oxygen atoms in total. The minimum atomic E-state index is -0.609. The zero-order valence-corrected chi connectivity index (χ0v) is 13.9. The largest absolute Gasteiger partial charge is 0.481 e. The van der Waals surface area contributed by atoms with Crippen LogP contribution in [0.15, 0.2) is 30.3 Å². The number of likely N-dealkylation sites (tertiary alicyclic amines) is 1. The van der Waals surface area contributed by atoms with E-state index in [-0.39, 0.29) is 0 Å². The number of carboxylic acid groups (broad SMARTS) is 1. The van der Waals surface area contributed by atoms with Crippen LogP contribution in [0.25, 0.3) is 0 Å². The molecule has 0 spiro atoms. The monoisotopic (exact) mass is 301 g/mol. The summed E-state index contributed by atoms with van der Waals surface area (Å²) in [6.07, 6.45) is 4.88. The molecule has 0 saturated carbocycles. The Balaban J connectivity index is 1.91. The minimum absolute atomic E-state index is 0.309. The second-order valence-corrected chi connectivity index (χ2v) is 6.86. The van der Waals surface area contributed by atoms with Gasteiger partial charge in [0, 0.05) is 11.9 Å². The fourth-order valence-electron chi connectivity index (χ4n) is 3.60. The van der Waals surface area contributed by atoms with Gasteiger partial charge < -0.3 is 5.11 Å². The van der Waals surface area contributed by atoms with E-state index in [1.54, 1.807) is 0 Å². The molecule has 1 aromatic carbocycles. The zero-order valence-electron chi connectivity index (χ0n) is 13.9. The molecule has 1 unspecified atom stereocenters. The van der Waals surface area contributed by atoms with Crippen LogP contribution in [0, 0.1) is 5.92 Å². The lowest BCUT2D eigenvalue weighted by Crippen LogP contribution is -2.41. The molecular formula is C18H28BNO2. The normalized spacial score (nSPS) is 19.7. The minimum Gasteiger partial charge on any atom is -0.481 e. The number of piperidine rings is 1. The number of aliphatic carboxylic acids is 1. The Hall–Kier alpha value is -1.29. The van der Waals surface area contributed by atoms with E-state index in [2.05, 4.69) is 36.1 Å². The lowest BCUT2D eigenvalue weighted by molar-refractivity contribution is -0.143. The number of carboxylic acids is 1. The van der Waals surface area contributed by atoms with E-state index < -0.39 is 11.3 Å². The lowest BCUT2D eigenvalue weighted by atomic mass is 9.56. The fourth-order valence-corrected chi connectivity index (χ4v) is 3.60. The van der Waals surface area contributed by atoms with Gasteiger partial charge in [-0.05, 0) is 43.8 Å². The third-order valence-electron chi connectivity index (χ3n) is 5.28. The van der Waals surface area contributed by atoms with E-state index in [1.807, 2.05) is 13.9 Å². The molecule has 0 aliphatic carbocycles. The highest BCUT2D eigenvalue weighted by atomic mass is 16.4. The molecule has 1 aromatic rings. The van der Waals surface area contributed by atoms with Gasteiger partial charge in [-0.1, -0.05) is 50.1 Å². The maximum absolute atomic E-state index is 11.8. The van der Waals surface area contributed by atoms with Crippen molar-refractivity contribution >= 4 is 13.8 Å². The Morgan fingerprint density at radius 1 is 1.32 bits per heavy atom. The molecule has 1 aliphatic rings. The van der Waals surface area contributed by atoms with Crippen molar-refractivity contribution in [2.24, 2.45) is 5.92 Å². The van der Waals surface area contributed by atoms with Crippen molar-refractivity contribution in [1.29, 1.82) is 0 Å². The number of hydrogen-bond donors (Lipinski definition) is 1. The van der Waals surface area contributed by atoms with Gasteiger partial charge in [0.1, 0.15) is 7.85 Å². The maximum atomic E-state index is 11.8. The molecule has 1 aliphatic heterocycles. The summed E-state index contributed by atoms with van der Waals surface area (Å²) in [4.78, 5) is 14.2. The van der Waals surface area contributed by atoms with Gasteiger partial charge in [0.15, 0.2) is 0 Å². The van der Waals surface area contributed by atoms with Crippen molar-refractivity contribution in [1.82, 2.24) is 4.90 Å². The fraction of sp³-hybridized carbons (Fsp3) is 0.611. The summed E-state index contributed by atoms with van der Waals surface area (Å²) in [6.45, 7) is 5.13. The highest BCUT2D eigenvalue weighted by Crippen LogP contribution is 2.43. The van der Waals surface area contributed by atoms with E-state index >= 15 is 0 Å². The van der Waals surface area contributed by atoms with Crippen molar-refractivity contribution < 1.29 is 9.90 Å². The summed E-state index contributed by atoms with van der Waals surface area (Å²) < 4.78 is 0. The molecule has 4 heteroatoms. The first-order chi connectivity index (χ1) is 10.6. The van der Waals surface area contributed by atoms with Gasteiger partial charge in [-0.3, -0.25) is 9.69 Å². The molecular weight excluding hydrogens is 273 g/mol. The Morgan fingerprint density at radius 3 is 2.50 bits per heavy atom. The molecule has 0 aromatic heterocycles. The van der Waals surface area contributed by atoms with Gasteiger partial charge in [0.05, 0.1) is 0 Å². The summed E-state index contributed by atoms with van der Waals surface area (Å²) in [7, 11) is 1.96. The Bertz CT molecular complexity index is 471. The lowest BCUT2D eigenvalue weighted by Gasteiger charge is -2.40. The van der Waals surface area contributed by atoms with E-state index in [0.29, 0.717) is 5.92 Å². The average Bonchev–Trinajstić information content (AvgIpc) is 2.54. The van der Waals surface area contributed by atoms with Crippen LogP contribution in [0.4, 0.5) is 0 Å². The number of benzene rings is 1. The predicted molar refractivity (Wildman–Crippen MR) is 92.8 cm³/mol. The van der Waals surface area contributed by atoms with Crippen LogP contribution in [0.1, 0.15) is 44.6 Å². The van der Waals surface area contributed by atoms with Crippen LogP contribution in [0.5, 0.6) is 0 Å². The van der Waals surface area contributed by atoms with Gasteiger partial charge in [0.2, 0.25) is 0 Å². The first kappa shape index (κ1) is 17.1. The smallest absolute Gasteiger partial charge is 0.301 e.